The monoisotopic (exact) mass is 338 g/mol. The van der Waals surface area contributed by atoms with E-state index in [1.54, 1.807) is 13.2 Å². The molecule has 0 amide bonds. The molecule has 2 aromatic rings. The van der Waals surface area contributed by atoms with E-state index in [-0.39, 0.29) is 11.9 Å². The summed E-state index contributed by atoms with van der Waals surface area (Å²) in [5.41, 5.74) is 4.77. The third-order valence-corrected chi connectivity index (χ3v) is 3.80. The molecule has 3 nitrogen and oxygen atoms in total. The van der Waals surface area contributed by atoms with E-state index in [0.717, 1.165) is 16.9 Å². The zero-order chi connectivity index (χ0) is 14.5. The van der Waals surface area contributed by atoms with Crippen molar-refractivity contribution in [1.29, 1.82) is 0 Å². The number of rotatable bonds is 5. The predicted molar refractivity (Wildman–Crippen MR) is 80.9 cm³/mol. The van der Waals surface area contributed by atoms with E-state index in [1.165, 1.54) is 12.1 Å². The van der Waals surface area contributed by atoms with E-state index < -0.39 is 0 Å². The minimum atomic E-state index is -0.280. The van der Waals surface area contributed by atoms with E-state index in [2.05, 4.69) is 21.4 Å². The molecular weight excluding hydrogens is 323 g/mol. The third kappa shape index (κ3) is 3.56. The molecule has 5 heteroatoms. The van der Waals surface area contributed by atoms with Crippen molar-refractivity contribution in [3.05, 3.63) is 63.9 Å². The fraction of sp³-hybridized carbons (Fsp3) is 0.200. The van der Waals surface area contributed by atoms with Gasteiger partial charge in [-0.1, -0.05) is 34.1 Å². The van der Waals surface area contributed by atoms with Gasteiger partial charge in [0.05, 0.1) is 13.2 Å². The molecule has 20 heavy (non-hydrogen) atoms. The average Bonchev–Trinajstić information content (AvgIpc) is 2.45. The maximum Gasteiger partial charge on any atom is 0.124 e. The van der Waals surface area contributed by atoms with Crippen LogP contribution >= 0.6 is 15.9 Å². The number of hydrogen-bond acceptors (Lipinski definition) is 3. The van der Waals surface area contributed by atoms with Gasteiger partial charge in [-0.15, -0.1) is 0 Å². The van der Waals surface area contributed by atoms with Crippen molar-refractivity contribution in [2.75, 3.05) is 7.11 Å². The molecule has 0 bridgehead atoms. The lowest BCUT2D eigenvalue weighted by molar-refractivity contribution is 0.414. The Hall–Kier alpha value is -1.43. The fourth-order valence-corrected chi connectivity index (χ4v) is 2.71. The number of hydrazine groups is 1. The van der Waals surface area contributed by atoms with Crippen molar-refractivity contribution in [2.45, 2.75) is 12.5 Å². The largest absolute Gasteiger partial charge is 0.497 e. The van der Waals surface area contributed by atoms with Gasteiger partial charge < -0.3 is 4.74 Å². The first-order chi connectivity index (χ1) is 9.63. The Morgan fingerprint density at radius 2 is 2.10 bits per heavy atom. The first-order valence-corrected chi connectivity index (χ1v) is 6.97. The molecule has 0 saturated heterocycles. The maximum atomic E-state index is 13.1. The van der Waals surface area contributed by atoms with E-state index in [4.69, 9.17) is 10.6 Å². The van der Waals surface area contributed by atoms with Gasteiger partial charge in [0.25, 0.3) is 0 Å². The highest BCUT2D eigenvalue weighted by Crippen LogP contribution is 2.27. The highest BCUT2D eigenvalue weighted by molar-refractivity contribution is 9.10. The van der Waals surface area contributed by atoms with Crippen LogP contribution in [0.15, 0.2) is 46.9 Å². The van der Waals surface area contributed by atoms with E-state index in [1.807, 2.05) is 24.3 Å². The molecule has 0 aliphatic carbocycles. The van der Waals surface area contributed by atoms with Crippen LogP contribution in [0.5, 0.6) is 5.75 Å². The second kappa shape index (κ2) is 6.83. The molecule has 1 unspecified atom stereocenters. The Morgan fingerprint density at radius 3 is 2.75 bits per heavy atom. The molecule has 3 N–H and O–H groups in total. The molecule has 0 radical (unpaired) electrons. The number of hydrogen-bond donors (Lipinski definition) is 2. The lowest BCUT2D eigenvalue weighted by Gasteiger charge is -2.18. The van der Waals surface area contributed by atoms with Crippen molar-refractivity contribution in [3.63, 3.8) is 0 Å². The van der Waals surface area contributed by atoms with E-state index in [9.17, 15) is 4.39 Å². The Morgan fingerprint density at radius 1 is 1.30 bits per heavy atom. The lowest BCUT2D eigenvalue weighted by Crippen LogP contribution is -2.29. The second-order valence-electron chi connectivity index (χ2n) is 4.44. The summed E-state index contributed by atoms with van der Waals surface area (Å²) in [6.45, 7) is 0. The van der Waals surface area contributed by atoms with E-state index in [0.29, 0.717) is 10.9 Å². The first-order valence-electron chi connectivity index (χ1n) is 6.18. The summed E-state index contributed by atoms with van der Waals surface area (Å²) in [5.74, 6) is 6.16. The number of halogens is 2. The number of ether oxygens (including phenoxy) is 1. The molecule has 106 valence electrons. The zero-order valence-electron chi connectivity index (χ0n) is 11.1. The zero-order valence-corrected chi connectivity index (χ0v) is 12.7. The summed E-state index contributed by atoms with van der Waals surface area (Å²) in [6, 6.07) is 12.3. The Kier molecular flexibility index (Phi) is 5.11. The van der Waals surface area contributed by atoms with Crippen LogP contribution in [-0.2, 0) is 6.42 Å². The summed E-state index contributed by atoms with van der Waals surface area (Å²) in [5, 5.41) is 0. The van der Waals surface area contributed by atoms with Crippen molar-refractivity contribution < 1.29 is 9.13 Å². The van der Waals surface area contributed by atoms with Crippen molar-refractivity contribution in [3.8, 4) is 5.75 Å². The summed E-state index contributed by atoms with van der Waals surface area (Å²) in [7, 11) is 1.63. The molecule has 0 aliphatic rings. The SMILES string of the molecule is COc1cccc(CC(NN)c2ccc(F)cc2Br)c1. The molecule has 0 saturated carbocycles. The smallest absolute Gasteiger partial charge is 0.124 e. The first kappa shape index (κ1) is 15.0. The summed E-state index contributed by atoms with van der Waals surface area (Å²) in [4.78, 5) is 0. The second-order valence-corrected chi connectivity index (χ2v) is 5.30. The van der Waals surface area contributed by atoms with Crippen molar-refractivity contribution in [1.82, 2.24) is 5.43 Å². The minimum Gasteiger partial charge on any atom is -0.497 e. The fourth-order valence-electron chi connectivity index (χ4n) is 2.08. The van der Waals surface area contributed by atoms with Gasteiger partial charge in [0, 0.05) is 4.47 Å². The standard InChI is InChI=1S/C15H16BrFN2O/c1-20-12-4-2-3-10(7-12)8-15(19-18)13-6-5-11(17)9-14(13)16/h2-7,9,15,19H,8,18H2,1H3. The van der Waals surface area contributed by atoms with Crippen LogP contribution in [0.3, 0.4) is 0 Å². The highest BCUT2D eigenvalue weighted by atomic mass is 79.9. The highest BCUT2D eigenvalue weighted by Gasteiger charge is 2.14. The van der Waals surface area contributed by atoms with Crippen LogP contribution < -0.4 is 16.0 Å². The number of nitrogens with one attached hydrogen (secondary N) is 1. The summed E-state index contributed by atoms with van der Waals surface area (Å²) < 4.78 is 19.0. The quantitative estimate of drug-likeness (QED) is 0.649. The van der Waals surface area contributed by atoms with Gasteiger partial charge in [-0.05, 0) is 41.8 Å². The van der Waals surface area contributed by atoms with E-state index >= 15 is 0 Å². The van der Waals surface area contributed by atoms with Gasteiger partial charge in [0.15, 0.2) is 0 Å². The number of nitrogens with two attached hydrogens (primary N) is 1. The maximum absolute atomic E-state index is 13.1. The van der Waals surface area contributed by atoms with Crippen molar-refractivity contribution >= 4 is 15.9 Å². The molecule has 0 aromatic heterocycles. The number of methoxy groups -OCH3 is 1. The molecule has 1 atom stereocenters. The van der Waals surface area contributed by atoms with Gasteiger partial charge in [-0.3, -0.25) is 11.3 Å². The number of benzene rings is 2. The summed E-state index contributed by atoms with van der Waals surface area (Å²) in [6.07, 6.45) is 0.679. The topological polar surface area (TPSA) is 47.3 Å². The van der Waals surface area contributed by atoms with Crippen LogP contribution in [0, 0.1) is 5.82 Å². The lowest BCUT2D eigenvalue weighted by atomic mass is 9.99. The average molecular weight is 339 g/mol. The summed E-state index contributed by atoms with van der Waals surface area (Å²) >= 11 is 3.37. The molecule has 2 rings (SSSR count). The normalized spacial score (nSPS) is 12.2. The molecule has 0 fully saturated rings. The minimum absolute atomic E-state index is 0.114. The predicted octanol–water partition coefficient (Wildman–Crippen LogP) is 3.34. The molecule has 2 aromatic carbocycles. The Labute approximate surface area is 126 Å². The molecule has 0 aliphatic heterocycles. The van der Waals surface area contributed by atoms with Gasteiger partial charge >= 0.3 is 0 Å². The van der Waals surface area contributed by atoms with Crippen LogP contribution in [0.1, 0.15) is 17.2 Å². The van der Waals surface area contributed by atoms with Crippen LogP contribution in [0.25, 0.3) is 0 Å². The molecule has 0 spiro atoms. The van der Waals surface area contributed by atoms with Crippen LogP contribution in [0.2, 0.25) is 0 Å². The third-order valence-electron chi connectivity index (χ3n) is 3.11. The Balaban J connectivity index is 2.23. The van der Waals surface area contributed by atoms with Crippen LogP contribution in [-0.4, -0.2) is 7.11 Å². The Bertz CT molecular complexity index is 592. The van der Waals surface area contributed by atoms with Gasteiger partial charge in [-0.25, -0.2) is 4.39 Å². The van der Waals surface area contributed by atoms with Gasteiger partial charge in [0.2, 0.25) is 0 Å². The van der Waals surface area contributed by atoms with Crippen LogP contribution in [0.4, 0.5) is 4.39 Å². The van der Waals surface area contributed by atoms with Crippen molar-refractivity contribution in [2.24, 2.45) is 5.84 Å². The van der Waals surface area contributed by atoms with Gasteiger partial charge in [-0.2, -0.15) is 0 Å². The molecular formula is C15H16BrFN2O. The molecule has 0 heterocycles. The van der Waals surface area contributed by atoms with Gasteiger partial charge in [0.1, 0.15) is 11.6 Å².